The second-order valence-electron chi connectivity index (χ2n) is 5.03. The lowest BCUT2D eigenvalue weighted by molar-refractivity contribution is 0.206. The van der Waals surface area contributed by atoms with Crippen molar-refractivity contribution < 1.29 is 5.21 Å². The molecule has 1 fully saturated rings. The minimum Gasteiger partial charge on any atom is -0.411 e. The Hall–Kier alpha value is -1.04. The summed E-state index contributed by atoms with van der Waals surface area (Å²) in [5.74, 6) is 0. The average molecular weight is 180 g/mol. The second kappa shape index (κ2) is 3.02. The summed E-state index contributed by atoms with van der Waals surface area (Å²) >= 11 is 0. The normalized spacial score (nSPS) is 35.7. The molecule has 1 saturated carbocycles. The van der Waals surface area contributed by atoms with E-state index in [2.05, 4.69) is 25.1 Å². The molecule has 3 nitrogen and oxygen atoms in total. The molecule has 0 aromatic carbocycles. The van der Waals surface area contributed by atoms with Gasteiger partial charge in [0.05, 0.1) is 17.2 Å². The Morgan fingerprint density at radius 2 is 2.00 bits per heavy atom. The quantitative estimate of drug-likeness (QED) is 0.460. The van der Waals surface area contributed by atoms with Gasteiger partial charge < -0.3 is 5.21 Å². The Labute approximate surface area is 79.1 Å². The van der Waals surface area contributed by atoms with Crippen molar-refractivity contribution in [2.75, 3.05) is 0 Å². The minimum atomic E-state index is -0.358. The monoisotopic (exact) mass is 180 g/mol. The van der Waals surface area contributed by atoms with Gasteiger partial charge in [-0.1, -0.05) is 19.0 Å². The van der Waals surface area contributed by atoms with E-state index in [9.17, 15) is 0 Å². The summed E-state index contributed by atoms with van der Waals surface area (Å²) in [7, 11) is 0. The van der Waals surface area contributed by atoms with Gasteiger partial charge in [-0.15, -0.1) is 0 Å². The highest BCUT2D eigenvalue weighted by molar-refractivity contribution is 5.86. The third kappa shape index (κ3) is 2.21. The molecule has 0 aromatic rings. The zero-order chi connectivity index (χ0) is 10.1. The van der Waals surface area contributed by atoms with Crippen LogP contribution >= 0.6 is 0 Å². The first-order chi connectivity index (χ1) is 5.91. The number of nitriles is 1. The molecule has 0 heterocycles. The number of rotatable bonds is 0. The lowest BCUT2D eigenvalue weighted by Gasteiger charge is -2.38. The molecule has 1 aliphatic carbocycles. The van der Waals surface area contributed by atoms with Crippen LogP contribution in [0.2, 0.25) is 0 Å². The third-order valence-electron chi connectivity index (χ3n) is 2.56. The largest absolute Gasteiger partial charge is 0.411 e. The van der Waals surface area contributed by atoms with E-state index in [4.69, 9.17) is 10.5 Å². The van der Waals surface area contributed by atoms with Crippen molar-refractivity contribution in [2.24, 2.45) is 16.0 Å². The molecule has 0 aromatic heterocycles. The first-order valence-corrected chi connectivity index (χ1v) is 4.52. The molecule has 0 amide bonds. The van der Waals surface area contributed by atoms with Crippen molar-refractivity contribution in [1.29, 1.82) is 5.26 Å². The number of oxime groups is 1. The van der Waals surface area contributed by atoms with E-state index in [0.29, 0.717) is 6.42 Å². The summed E-state index contributed by atoms with van der Waals surface area (Å²) in [6.45, 7) is 6.14. The molecule has 1 unspecified atom stereocenters. The fourth-order valence-corrected chi connectivity index (χ4v) is 2.40. The maximum Gasteiger partial charge on any atom is 0.0691 e. The van der Waals surface area contributed by atoms with E-state index >= 15 is 0 Å². The Balaban J connectivity index is 2.92. The van der Waals surface area contributed by atoms with Crippen LogP contribution in [0.3, 0.4) is 0 Å². The Morgan fingerprint density at radius 1 is 1.38 bits per heavy atom. The van der Waals surface area contributed by atoms with Gasteiger partial charge in [0.25, 0.3) is 0 Å². The predicted molar refractivity (Wildman–Crippen MR) is 50.6 cm³/mol. The molecule has 1 rings (SSSR count). The van der Waals surface area contributed by atoms with Crippen LogP contribution in [0.5, 0.6) is 0 Å². The molecular formula is C10H16N2O. The standard InChI is InChI=1S/C10H16N2O/c1-9(2)4-8(12-13)5-10(3,6-9)7-11/h13H,4-6H2,1-3H3/b12-8+. The van der Waals surface area contributed by atoms with Crippen LogP contribution in [0, 0.1) is 22.2 Å². The van der Waals surface area contributed by atoms with Gasteiger partial charge in [-0.2, -0.15) is 5.26 Å². The van der Waals surface area contributed by atoms with Gasteiger partial charge in [0.2, 0.25) is 0 Å². The van der Waals surface area contributed by atoms with Gasteiger partial charge in [-0.3, -0.25) is 0 Å². The van der Waals surface area contributed by atoms with E-state index < -0.39 is 0 Å². The van der Waals surface area contributed by atoms with Crippen molar-refractivity contribution in [3.63, 3.8) is 0 Å². The Morgan fingerprint density at radius 3 is 2.46 bits per heavy atom. The van der Waals surface area contributed by atoms with Crippen LogP contribution in [-0.4, -0.2) is 10.9 Å². The highest BCUT2D eigenvalue weighted by atomic mass is 16.4. The van der Waals surface area contributed by atoms with E-state index in [0.717, 1.165) is 18.6 Å². The van der Waals surface area contributed by atoms with Crippen LogP contribution in [-0.2, 0) is 0 Å². The summed E-state index contributed by atoms with van der Waals surface area (Å²) in [5, 5.41) is 21.0. The minimum absolute atomic E-state index is 0.0737. The van der Waals surface area contributed by atoms with E-state index in [1.807, 2.05) is 6.92 Å². The van der Waals surface area contributed by atoms with Crippen molar-refractivity contribution in [1.82, 2.24) is 0 Å². The van der Waals surface area contributed by atoms with Crippen molar-refractivity contribution >= 4 is 5.71 Å². The zero-order valence-electron chi connectivity index (χ0n) is 8.46. The predicted octanol–water partition coefficient (Wildman–Crippen LogP) is 2.56. The van der Waals surface area contributed by atoms with Crippen molar-refractivity contribution in [2.45, 2.75) is 40.0 Å². The van der Waals surface area contributed by atoms with Gasteiger partial charge in [-0.25, -0.2) is 0 Å². The van der Waals surface area contributed by atoms with Crippen LogP contribution in [0.4, 0.5) is 0 Å². The van der Waals surface area contributed by atoms with Crippen LogP contribution in [0.25, 0.3) is 0 Å². The van der Waals surface area contributed by atoms with Crippen LogP contribution in [0.15, 0.2) is 5.16 Å². The van der Waals surface area contributed by atoms with E-state index in [1.165, 1.54) is 0 Å². The molecule has 72 valence electrons. The van der Waals surface area contributed by atoms with Crippen LogP contribution in [0.1, 0.15) is 40.0 Å². The summed E-state index contributed by atoms with van der Waals surface area (Å²) in [4.78, 5) is 0. The molecule has 1 aliphatic rings. The molecule has 0 aliphatic heterocycles. The first-order valence-electron chi connectivity index (χ1n) is 4.52. The maximum absolute atomic E-state index is 9.01. The molecule has 1 N–H and O–H groups in total. The summed E-state index contributed by atoms with van der Waals surface area (Å²) < 4.78 is 0. The second-order valence-corrected chi connectivity index (χ2v) is 5.03. The molecule has 0 saturated heterocycles. The van der Waals surface area contributed by atoms with Gasteiger partial charge >= 0.3 is 0 Å². The molecule has 0 radical (unpaired) electrons. The average Bonchev–Trinajstić information content (AvgIpc) is 2.01. The number of hydrogen-bond donors (Lipinski definition) is 1. The Kier molecular flexibility index (Phi) is 2.34. The van der Waals surface area contributed by atoms with Gasteiger partial charge in [-0.05, 0) is 25.2 Å². The molecule has 3 heteroatoms. The fourth-order valence-electron chi connectivity index (χ4n) is 2.40. The number of nitrogens with zero attached hydrogens (tertiary/aromatic N) is 2. The van der Waals surface area contributed by atoms with Gasteiger partial charge in [0.1, 0.15) is 0 Å². The third-order valence-corrected chi connectivity index (χ3v) is 2.56. The van der Waals surface area contributed by atoms with E-state index in [1.54, 1.807) is 0 Å². The highest BCUT2D eigenvalue weighted by Gasteiger charge is 2.39. The lowest BCUT2D eigenvalue weighted by Crippen LogP contribution is -2.35. The van der Waals surface area contributed by atoms with E-state index in [-0.39, 0.29) is 10.8 Å². The SMILES string of the molecule is CC1(C)C/C(=N\O)CC(C)(C#N)C1. The first kappa shape index (κ1) is 10.0. The van der Waals surface area contributed by atoms with Gasteiger partial charge in [0.15, 0.2) is 0 Å². The maximum atomic E-state index is 9.01. The summed E-state index contributed by atoms with van der Waals surface area (Å²) in [6, 6.07) is 2.31. The molecule has 0 spiro atoms. The van der Waals surface area contributed by atoms with Crippen molar-refractivity contribution in [3.05, 3.63) is 0 Å². The Bertz CT molecular complexity index is 275. The summed E-state index contributed by atoms with van der Waals surface area (Å²) in [6.07, 6.45) is 2.26. The van der Waals surface area contributed by atoms with Crippen LogP contribution < -0.4 is 0 Å². The molecular weight excluding hydrogens is 164 g/mol. The smallest absolute Gasteiger partial charge is 0.0691 e. The number of hydrogen-bond acceptors (Lipinski definition) is 3. The molecule has 0 bridgehead atoms. The fraction of sp³-hybridized carbons (Fsp3) is 0.800. The van der Waals surface area contributed by atoms with Gasteiger partial charge in [0, 0.05) is 6.42 Å². The lowest BCUT2D eigenvalue weighted by atomic mass is 9.64. The summed E-state index contributed by atoms with van der Waals surface area (Å²) in [5.41, 5.74) is 0.466. The highest BCUT2D eigenvalue weighted by Crippen LogP contribution is 2.44. The van der Waals surface area contributed by atoms with Crippen molar-refractivity contribution in [3.8, 4) is 6.07 Å². The zero-order valence-corrected chi connectivity index (χ0v) is 8.46. The molecule has 13 heavy (non-hydrogen) atoms. The molecule has 1 atom stereocenters. The topological polar surface area (TPSA) is 56.4 Å².